The number of alkyl halides is 3. The smallest absolute Gasteiger partial charge is 0.363 e. The first-order valence-electron chi connectivity index (χ1n) is 10.0. The summed E-state index contributed by atoms with van der Waals surface area (Å²) in [6, 6.07) is 8.29. The average molecular weight is 406 g/mol. The van der Waals surface area contributed by atoms with E-state index in [1.807, 2.05) is 13.0 Å². The number of hydrogen-bond acceptors (Lipinski definition) is 3. The van der Waals surface area contributed by atoms with Crippen molar-refractivity contribution < 1.29 is 18.0 Å². The van der Waals surface area contributed by atoms with Gasteiger partial charge in [-0.05, 0) is 31.2 Å². The highest BCUT2D eigenvalue weighted by Gasteiger charge is 2.47. The van der Waals surface area contributed by atoms with Crippen molar-refractivity contribution in [2.45, 2.75) is 57.4 Å². The molecule has 3 heterocycles. The van der Waals surface area contributed by atoms with Crippen molar-refractivity contribution in [3.63, 3.8) is 0 Å². The van der Waals surface area contributed by atoms with Crippen molar-refractivity contribution >= 4 is 11.7 Å². The molecule has 1 aromatic carbocycles. The Morgan fingerprint density at radius 2 is 1.90 bits per heavy atom. The quantitative estimate of drug-likeness (QED) is 0.779. The lowest BCUT2D eigenvalue weighted by molar-refractivity contribution is -0.173. The first-order chi connectivity index (χ1) is 13.7. The van der Waals surface area contributed by atoms with E-state index in [9.17, 15) is 18.0 Å². The van der Waals surface area contributed by atoms with E-state index in [4.69, 9.17) is 0 Å². The second-order valence-electron chi connectivity index (χ2n) is 8.24. The fraction of sp³-hybridized carbons (Fsp3) is 0.524. The maximum atomic E-state index is 13.8. The number of rotatable bonds is 2. The Kier molecular flexibility index (Phi) is 5.04. The number of carbonyl (C=O) groups is 1. The SMILES string of the molecule is C[C@H]1CCN(C(=O)c2cc3n(n2)[C@H](C(F)(F)F)C[C@H](c2ccccc2)N3)[C@@H](C)C1. The molecule has 0 spiro atoms. The molecule has 4 rings (SSSR count). The van der Waals surface area contributed by atoms with E-state index < -0.39 is 18.3 Å². The van der Waals surface area contributed by atoms with Gasteiger partial charge in [0.15, 0.2) is 11.7 Å². The summed E-state index contributed by atoms with van der Waals surface area (Å²) in [5.41, 5.74) is 0.845. The van der Waals surface area contributed by atoms with Crippen molar-refractivity contribution in [2.75, 3.05) is 11.9 Å². The normalized spacial score (nSPS) is 27.3. The van der Waals surface area contributed by atoms with E-state index in [2.05, 4.69) is 17.3 Å². The molecule has 0 radical (unpaired) electrons. The van der Waals surface area contributed by atoms with Crippen molar-refractivity contribution in [1.29, 1.82) is 0 Å². The van der Waals surface area contributed by atoms with Crippen LogP contribution in [-0.2, 0) is 0 Å². The number of benzene rings is 1. The van der Waals surface area contributed by atoms with Gasteiger partial charge in [-0.2, -0.15) is 18.3 Å². The van der Waals surface area contributed by atoms with Gasteiger partial charge in [0.1, 0.15) is 5.82 Å². The number of aromatic nitrogens is 2. The molecule has 2 aliphatic rings. The van der Waals surface area contributed by atoms with Gasteiger partial charge in [0.05, 0.1) is 6.04 Å². The van der Waals surface area contributed by atoms with E-state index >= 15 is 0 Å². The molecular formula is C21H25F3N4O. The van der Waals surface area contributed by atoms with Crippen molar-refractivity contribution in [2.24, 2.45) is 5.92 Å². The number of amides is 1. The Bertz CT molecular complexity index is 880. The molecule has 156 valence electrons. The first-order valence-corrected chi connectivity index (χ1v) is 10.0. The summed E-state index contributed by atoms with van der Waals surface area (Å²) in [6.45, 7) is 4.73. The van der Waals surface area contributed by atoms with Crippen LogP contribution in [0.2, 0.25) is 0 Å². The van der Waals surface area contributed by atoms with Gasteiger partial charge in [0.25, 0.3) is 5.91 Å². The highest BCUT2D eigenvalue weighted by Crippen LogP contribution is 2.43. The average Bonchev–Trinajstić information content (AvgIpc) is 3.10. The van der Waals surface area contributed by atoms with E-state index in [1.54, 1.807) is 29.2 Å². The number of likely N-dealkylation sites (tertiary alicyclic amines) is 1. The third-order valence-corrected chi connectivity index (χ3v) is 6.01. The van der Waals surface area contributed by atoms with Gasteiger partial charge in [0.2, 0.25) is 0 Å². The minimum absolute atomic E-state index is 0.0495. The molecule has 4 atom stereocenters. The van der Waals surface area contributed by atoms with Crippen molar-refractivity contribution in [1.82, 2.24) is 14.7 Å². The molecule has 1 fully saturated rings. The lowest BCUT2D eigenvalue weighted by atomic mass is 9.93. The zero-order valence-corrected chi connectivity index (χ0v) is 16.5. The number of nitrogens with zero attached hydrogens (tertiary/aromatic N) is 3. The number of halogens is 3. The summed E-state index contributed by atoms with van der Waals surface area (Å²) in [5, 5.41) is 7.24. The van der Waals surface area contributed by atoms with Crippen LogP contribution in [0.1, 0.15) is 61.2 Å². The molecule has 1 aromatic heterocycles. The standard InChI is InChI=1S/C21H25F3N4O/c1-13-8-9-27(14(2)10-13)20(29)17-12-19-25-16(15-6-4-3-5-7-15)11-18(21(22,23)24)28(19)26-17/h3-7,12-14,16,18,25H,8-11H2,1-2H3/t13-,14-,16+,18-/m0/s1. The number of hydrogen-bond donors (Lipinski definition) is 1. The highest BCUT2D eigenvalue weighted by atomic mass is 19.4. The van der Waals surface area contributed by atoms with Crippen molar-refractivity contribution in [3.05, 3.63) is 47.7 Å². The lowest BCUT2D eigenvalue weighted by Gasteiger charge is -2.36. The molecule has 0 unspecified atom stereocenters. The Morgan fingerprint density at radius 3 is 2.55 bits per heavy atom. The summed E-state index contributed by atoms with van der Waals surface area (Å²) in [5.74, 6) is 0.464. The number of carbonyl (C=O) groups excluding carboxylic acids is 1. The molecule has 1 N–H and O–H groups in total. The molecule has 1 saturated heterocycles. The van der Waals surface area contributed by atoms with Crippen LogP contribution in [0.25, 0.3) is 0 Å². The van der Waals surface area contributed by atoms with Gasteiger partial charge >= 0.3 is 6.18 Å². The van der Waals surface area contributed by atoms with Gasteiger partial charge in [-0.1, -0.05) is 37.3 Å². The molecule has 8 heteroatoms. The van der Waals surface area contributed by atoms with Gasteiger partial charge in [-0.15, -0.1) is 0 Å². The zero-order valence-electron chi connectivity index (χ0n) is 16.5. The molecule has 0 saturated carbocycles. The van der Waals surface area contributed by atoms with Crippen LogP contribution >= 0.6 is 0 Å². The van der Waals surface area contributed by atoms with Crippen LogP contribution in [0.15, 0.2) is 36.4 Å². The summed E-state index contributed by atoms with van der Waals surface area (Å²) in [7, 11) is 0. The monoisotopic (exact) mass is 406 g/mol. The summed E-state index contributed by atoms with van der Waals surface area (Å²) in [6.07, 6.45) is -2.85. The van der Waals surface area contributed by atoms with Crippen LogP contribution in [0.3, 0.4) is 0 Å². The number of nitrogens with one attached hydrogen (secondary N) is 1. The van der Waals surface area contributed by atoms with E-state index in [1.165, 1.54) is 6.07 Å². The molecule has 0 aliphatic carbocycles. The van der Waals surface area contributed by atoms with Gasteiger partial charge in [-0.25, -0.2) is 4.68 Å². The lowest BCUT2D eigenvalue weighted by Crippen LogP contribution is -2.44. The fourth-order valence-corrected chi connectivity index (χ4v) is 4.44. The van der Waals surface area contributed by atoms with Crippen LogP contribution in [0, 0.1) is 5.92 Å². The Hall–Kier alpha value is -2.51. The topological polar surface area (TPSA) is 50.2 Å². The van der Waals surface area contributed by atoms with Gasteiger partial charge < -0.3 is 10.2 Å². The zero-order chi connectivity index (χ0) is 20.8. The van der Waals surface area contributed by atoms with Crippen LogP contribution in [0.4, 0.5) is 19.0 Å². The van der Waals surface area contributed by atoms with E-state index in [-0.39, 0.29) is 29.9 Å². The van der Waals surface area contributed by atoms with Crippen molar-refractivity contribution in [3.8, 4) is 0 Å². The predicted molar refractivity (Wildman–Crippen MR) is 104 cm³/mol. The third kappa shape index (κ3) is 3.84. The number of anilines is 1. The van der Waals surface area contributed by atoms with E-state index in [0.717, 1.165) is 23.1 Å². The fourth-order valence-electron chi connectivity index (χ4n) is 4.44. The van der Waals surface area contributed by atoms with Gasteiger partial charge in [-0.3, -0.25) is 4.79 Å². The van der Waals surface area contributed by atoms with E-state index in [0.29, 0.717) is 12.5 Å². The number of fused-ring (bicyclic) bond motifs is 1. The second-order valence-corrected chi connectivity index (χ2v) is 8.24. The van der Waals surface area contributed by atoms with Crippen LogP contribution in [0.5, 0.6) is 0 Å². The molecule has 2 aromatic rings. The molecule has 2 aliphatic heterocycles. The summed E-state index contributed by atoms with van der Waals surface area (Å²) in [4.78, 5) is 14.7. The molecular weight excluding hydrogens is 381 g/mol. The number of piperidine rings is 1. The largest absolute Gasteiger partial charge is 0.410 e. The Labute approximate surface area is 167 Å². The minimum atomic E-state index is -4.45. The maximum Gasteiger partial charge on any atom is 0.410 e. The first kappa shape index (κ1) is 19.8. The maximum absolute atomic E-state index is 13.8. The predicted octanol–water partition coefficient (Wildman–Crippen LogP) is 4.80. The molecule has 5 nitrogen and oxygen atoms in total. The van der Waals surface area contributed by atoms with Crippen LogP contribution in [-0.4, -0.2) is 39.4 Å². The summed E-state index contributed by atoms with van der Waals surface area (Å²) >= 11 is 0. The second kappa shape index (κ2) is 7.39. The highest BCUT2D eigenvalue weighted by molar-refractivity contribution is 5.93. The van der Waals surface area contributed by atoms with Crippen LogP contribution < -0.4 is 5.32 Å². The van der Waals surface area contributed by atoms with Gasteiger partial charge in [0, 0.05) is 25.1 Å². The molecule has 29 heavy (non-hydrogen) atoms. The Morgan fingerprint density at radius 1 is 1.17 bits per heavy atom. The molecule has 1 amide bonds. The molecule has 0 bridgehead atoms. The Balaban J connectivity index is 1.65. The minimum Gasteiger partial charge on any atom is -0.363 e. The summed E-state index contributed by atoms with van der Waals surface area (Å²) < 4.78 is 42.3. The third-order valence-electron chi connectivity index (χ3n) is 6.01.